The Labute approximate surface area is 54.5 Å². The molecule has 0 bridgehead atoms. The summed E-state index contributed by atoms with van der Waals surface area (Å²) >= 11 is 0. The molecular formula is C6H10N2O. The van der Waals surface area contributed by atoms with Crippen molar-refractivity contribution in [2.24, 2.45) is 4.99 Å². The number of likely N-dealkylation sites (N-methyl/N-ethyl adjacent to an activating group) is 1. The number of nitrogens with zero attached hydrogens (tertiary/aromatic N) is 1. The van der Waals surface area contributed by atoms with Crippen LogP contribution in [0.5, 0.6) is 0 Å². The van der Waals surface area contributed by atoms with E-state index in [4.69, 9.17) is 0 Å². The molecule has 0 saturated heterocycles. The lowest BCUT2D eigenvalue weighted by molar-refractivity contribution is -0.102. The van der Waals surface area contributed by atoms with Crippen LogP contribution in [0.15, 0.2) is 17.3 Å². The van der Waals surface area contributed by atoms with Crippen LogP contribution in [-0.2, 0) is 4.79 Å². The van der Waals surface area contributed by atoms with Gasteiger partial charge in [-0.2, -0.15) is 0 Å². The lowest BCUT2D eigenvalue weighted by Crippen LogP contribution is -2.18. The van der Waals surface area contributed by atoms with E-state index in [0.29, 0.717) is 12.1 Å². The van der Waals surface area contributed by atoms with Crippen LogP contribution in [0, 0.1) is 0 Å². The second kappa shape index (κ2) is 5.03. The van der Waals surface area contributed by atoms with Gasteiger partial charge in [-0.15, -0.1) is 0 Å². The van der Waals surface area contributed by atoms with Crippen molar-refractivity contribution in [1.29, 1.82) is 0 Å². The van der Waals surface area contributed by atoms with Gasteiger partial charge in [0.2, 0.25) is 0 Å². The quantitative estimate of drug-likeness (QED) is 0.329. The molecule has 0 atom stereocenters. The Kier molecular flexibility index (Phi) is 4.40. The molecule has 0 spiro atoms. The number of amidine groups is 1. The summed E-state index contributed by atoms with van der Waals surface area (Å²) in [6.45, 7) is 1.83. The molecule has 0 amide bonds. The summed E-state index contributed by atoms with van der Waals surface area (Å²) in [4.78, 5) is 13.8. The molecule has 0 heterocycles. The average molecular weight is 126 g/mol. The topological polar surface area (TPSA) is 41.5 Å². The van der Waals surface area contributed by atoms with Gasteiger partial charge in [0, 0.05) is 13.2 Å². The summed E-state index contributed by atoms with van der Waals surface area (Å²) in [6, 6.07) is 0. The summed E-state index contributed by atoms with van der Waals surface area (Å²) < 4.78 is 0. The van der Waals surface area contributed by atoms with E-state index in [9.17, 15) is 4.79 Å². The van der Waals surface area contributed by atoms with Crippen molar-refractivity contribution in [2.75, 3.05) is 7.05 Å². The van der Waals surface area contributed by atoms with E-state index in [0.717, 1.165) is 0 Å². The summed E-state index contributed by atoms with van der Waals surface area (Å²) in [6.07, 6.45) is 3.97. The van der Waals surface area contributed by atoms with Gasteiger partial charge in [0.1, 0.15) is 0 Å². The van der Waals surface area contributed by atoms with Crippen molar-refractivity contribution in [3.8, 4) is 0 Å². The van der Waals surface area contributed by atoms with Crippen molar-refractivity contribution in [3.63, 3.8) is 0 Å². The van der Waals surface area contributed by atoms with Gasteiger partial charge in [0.05, 0.1) is 0 Å². The van der Waals surface area contributed by atoms with E-state index in [-0.39, 0.29) is 0 Å². The largest absolute Gasteiger partial charge is 0.370 e. The van der Waals surface area contributed by atoms with E-state index < -0.39 is 0 Å². The summed E-state index contributed by atoms with van der Waals surface area (Å²) in [5.41, 5.74) is 0. The van der Waals surface area contributed by atoms with Crippen molar-refractivity contribution in [3.05, 3.63) is 12.3 Å². The van der Waals surface area contributed by atoms with Gasteiger partial charge in [0.15, 0.2) is 12.1 Å². The number of hydrogen-bond acceptors (Lipinski definition) is 2. The van der Waals surface area contributed by atoms with Gasteiger partial charge in [-0.3, -0.25) is 4.79 Å². The number of aldehydes is 1. The van der Waals surface area contributed by atoms with Crippen LogP contribution < -0.4 is 5.32 Å². The highest BCUT2D eigenvalue weighted by atomic mass is 16.1. The molecule has 0 aliphatic carbocycles. The number of nitrogens with one attached hydrogen (secondary N) is 1. The van der Waals surface area contributed by atoms with Crippen molar-refractivity contribution in [1.82, 2.24) is 5.32 Å². The number of hydrogen-bond donors (Lipinski definition) is 1. The van der Waals surface area contributed by atoms with Crippen molar-refractivity contribution >= 4 is 12.1 Å². The number of aliphatic imine (C=N–C) groups is 1. The molecule has 0 fully saturated rings. The molecule has 0 unspecified atom stereocenters. The first kappa shape index (κ1) is 7.88. The number of allylic oxidation sites excluding steroid dienone is 1. The minimum absolute atomic E-state index is 0.341. The van der Waals surface area contributed by atoms with Gasteiger partial charge in [-0.05, 0) is 6.92 Å². The van der Waals surface area contributed by atoms with Crippen molar-refractivity contribution < 1.29 is 4.79 Å². The summed E-state index contributed by atoms with van der Waals surface area (Å²) in [7, 11) is 1.65. The molecular weight excluding hydrogens is 116 g/mol. The fourth-order valence-electron chi connectivity index (χ4n) is 0.309. The molecule has 0 aromatic rings. The lowest BCUT2D eigenvalue weighted by atomic mass is 10.6. The molecule has 3 nitrogen and oxygen atoms in total. The lowest BCUT2D eigenvalue weighted by Gasteiger charge is -1.90. The molecule has 0 aliphatic rings. The van der Waals surface area contributed by atoms with Crippen molar-refractivity contribution in [2.45, 2.75) is 6.92 Å². The Morgan fingerprint density at radius 1 is 1.67 bits per heavy atom. The number of carbonyl (C=O) groups excluding carboxylic acids is 1. The van der Waals surface area contributed by atoms with Crippen LogP contribution in [0.1, 0.15) is 6.92 Å². The Balaban J connectivity index is 3.90. The zero-order chi connectivity index (χ0) is 7.11. The third kappa shape index (κ3) is 3.46. The molecule has 9 heavy (non-hydrogen) atoms. The van der Waals surface area contributed by atoms with Crippen LogP contribution in [0.3, 0.4) is 0 Å². The second-order valence-electron chi connectivity index (χ2n) is 1.36. The zero-order valence-electron chi connectivity index (χ0n) is 5.59. The maximum atomic E-state index is 10.0. The average Bonchev–Trinajstić information content (AvgIpc) is 1.91. The first-order valence-electron chi connectivity index (χ1n) is 2.67. The third-order valence-electron chi connectivity index (χ3n) is 0.730. The Hall–Kier alpha value is -1.12. The van der Waals surface area contributed by atoms with E-state index in [1.54, 1.807) is 19.3 Å². The normalized spacial score (nSPS) is 12.0. The molecule has 0 radical (unpaired) electrons. The molecule has 0 aliphatic heterocycles. The highest BCUT2D eigenvalue weighted by Crippen LogP contribution is 1.72. The second-order valence-corrected chi connectivity index (χ2v) is 1.36. The van der Waals surface area contributed by atoms with Gasteiger partial charge in [0.25, 0.3) is 0 Å². The van der Waals surface area contributed by atoms with Gasteiger partial charge < -0.3 is 5.32 Å². The Morgan fingerprint density at radius 3 is 2.67 bits per heavy atom. The van der Waals surface area contributed by atoms with E-state index in [1.807, 2.05) is 6.92 Å². The Bertz CT molecular complexity index is 138. The molecule has 0 saturated carbocycles. The SMILES string of the molecule is C/C=C\N=C(\C=O)NC. The van der Waals surface area contributed by atoms with Crippen LogP contribution in [0.2, 0.25) is 0 Å². The highest BCUT2D eigenvalue weighted by molar-refractivity contribution is 6.27. The molecule has 0 rings (SSSR count). The Morgan fingerprint density at radius 2 is 2.33 bits per heavy atom. The number of rotatable bonds is 2. The van der Waals surface area contributed by atoms with E-state index in [2.05, 4.69) is 10.3 Å². The monoisotopic (exact) mass is 126 g/mol. The standard InChI is InChI=1S/C6H10N2O/c1-3-4-8-6(5-9)7-2/h3-5H,1-2H3,(H,7,8)/b4-3-. The minimum atomic E-state index is 0.341. The molecule has 1 N–H and O–H groups in total. The maximum absolute atomic E-state index is 10.0. The first-order chi connectivity index (χ1) is 4.35. The fourth-order valence-corrected chi connectivity index (χ4v) is 0.309. The van der Waals surface area contributed by atoms with Crippen LogP contribution in [-0.4, -0.2) is 19.2 Å². The summed E-state index contributed by atoms with van der Waals surface area (Å²) in [5, 5.41) is 2.62. The van der Waals surface area contributed by atoms with E-state index in [1.165, 1.54) is 0 Å². The first-order valence-corrected chi connectivity index (χ1v) is 2.67. The highest BCUT2D eigenvalue weighted by Gasteiger charge is 1.84. The smallest absolute Gasteiger partial charge is 0.184 e. The third-order valence-corrected chi connectivity index (χ3v) is 0.730. The van der Waals surface area contributed by atoms with Gasteiger partial charge in [-0.25, -0.2) is 4.99 Å². The zero-order valence-corrected chi connectivity index (χ0v) is 5.59. The van der Waals surface area contributed by atoms with Crippen LogP contribution in [0.25, 0.3) is 0 Å². The van der Waals surface area contributed by atoms with Crippen LogP contribution in [0.4, 0.5) is 0 Å². The van der Waals surface area contributed by atoms with Crippen LogP contribution >= 0.6 is 0 Å². The molecule has 50 valence electrons. The minimum Gasteiger partial charge on any atom is -0.370 e. The maximum Gasteiger partial charge on any atom is 0.184 e. The molecule has 0 aromatic heterocycles. The number of carbonyl (C=O) groups is 1. The van der Waals surface area contributed by atoms with E-state index >= 15 is 0 Å². The fraction of sp³-hybridized carbons (Fsp3) is 0.333. The molecule has 0 aromatic carbocycles. The molecule has 3 heteroatoms. The predicted octanol–water partition coefficient (Wildman–Crippen LogP) is 0.337. The predicted molar refractivity (Wildman–Crippen MR) is 37.4 cm³/mol. The van der Waals surface area contributed by atoms with Gasteiger partial charge in [-0.1, -0.05) is 6.08 Å². The summed E-state index contributed by atoms with van der Waals surface area (Å²) in [5.74, 6) is 0.341. The van der Waals surface area contributed by atoms with Gasteiger partial charge >= 0.3 is 0 Å².